The van der Waals surface area contributed by atoms with E-state index in [0.717, 1.165) is 31.2 Å². The fourth-order valence-corrected chi connectivity index (χ4v) is 4.12. The first-order chi connectivity index (χ1) is 20.3. The number of aromatic carboxylic acids is 1. The summed E-state index contributed by atoms with van der Waals surface area (Å²) in [6.45, 7) is 15.6. The Kier molecular flexibility index (Phi) is 49.0. The van der Waals surface area contributed by atoms with E-state index in [4.69, 9.17) is 0 Å². The van der Waals surface area contributed by atoms with Crippen molar-refractivity contribution < 1.29 is 19.8 Å². The molecule has 1 aromatic rings. The van der Waals surface area contributed by atoms with Crippen molar-refractivity contribution in [2.75, 3.05) is 0 Å². The van der Waals surface area contributed by atoms with Gasteiger partial charge in [0.1, 0.15) is 0 Å². The Morgan fingerprint density at radius 3 is 1.14 bits per heavy atom. The number of carboxylic acids is 2. The van der Waals surface area contributed by atoms with Gasteiger partial charge in [-0.15, -0.1) is 0 Å². The molecule has 0 N–H and O–H groups in total. The van der Waals surface area contributed by atoms with Crippen LogP contribution in [-0.2, 0) is 4.79 Å². The first kappa shape index (κ1) is 48.9. The van der Waals surface area contributed by atoms with Crippen molar-refractivity contribution in [1.82, 2.24) is 0 Å². The number of aryl methyl sites for hydroxylation is 1. The van der Waals surface area contributed by atoms with Crippen LogP contribution < -0.4 is 10.2 Å². The molecule has 43 heavy (non-hydrogen) atoms. The van der Waals surface area contributed by atoms with Crippen LogP contribution in [-0.4, -0.2) is 35.8 Å². The van der Waals surface area contributed by atoms with E-state index in [2.05, 4.69) is 34.6 Å². The van der Waals surface area contributed by atoms with Crippen LogP contribution >= 0.6 is 0 Å². The maximum absolute atomic E-state index is 10.3. The molecule has 0 aliphatic carbocycles. The number of carboxylic acid groups (broad SMARTS) is 2. The molecular formula is C38H68O4Sn. The van der Waals surface area contributed by atoms with Crippen LogP contribution in [0, 0.1) is 20.8 Å². The normalized spacial score (nSPS) is 9.72. The molecule has 4 radical (unpaired) electrons. The maximum atomic E-state index is 10.3. The average Bonchev–Trinajstić information content (AvgIpc) is 2.98. The van der Waals surface area contributed by atoms with E-state index >= 15 is 0 Å². The SMILES string of the molecule is CCCCCCCCCCCCCCCCCCCCCC(=O)[O-].Cc1cccc(C(=O)[O-])c1.[CH2]CCC.[CH2]CCC.[Sn+2]. The summed E-state index contributed by atoms with van der Waals surface area (Å²) in [4.78, 5) is 20.5. The smallest absolute Gasteiger partial charge is 0.550 e. The van der Waals surface area contributed by atoms with Gasteiger partial charge in [-0.3, -0.25) is 0 Å². The summed E-state index contributed by atoms with van der Waals surface area (Å²) in [5, 5.41) is 20.5. The van der Waals surface area contributed by atoms with Crippen molar-refractivity contribution in [1.29, 1.82) is 0 Å². The van der Waals surface area contributed by atoms with Gasteiger partial charge in [0.15, 0.2) is 0 Å². The summed E-state index contributed by atoms with van der Waals surface area (Å²) in [6, 6.07) is 6.63. The van der Waals surface area contributed by atoms with E-state index in [-0.39, 0.29) is 35.9 Å². The Labute approximate surface area is 285 Å². The zero-order chi connectivity index (χ0) is 32.1. The second-order valence-electron chi connectivity index (χ2n) is 11.4. The Morgan fingerprint density at radius 2 is 0.907 bits per heavy atom. The van der Waals surface area contributed by atoms with Crippen LogP contribution in [0.15, 0.2) is 24.3 Å². The van der Waals surface area contributed by atoms with Gasteiger partial charge in [-0.2, -0.15) is 0 Å². The van der Waals surface area contributed by atoms with Crippen LogP contribution in [0.25, 0.3) is 0 Å². The monoisotopic (exact) mass is 708 g/mol. The minimum Gasteiger partial charge on any atom is -0.550 e. The molecule has 1 aromatic carbocycles. The van der Waals surface area contributed by atoms with Gasteiger partial charge < -0.3 is 19.8 Å². The predicted molar refractivity (Wildman–Crippen MR) is 185 cm³/mol. The van der Waals surface area contributed by atoms with Crippen molar-refractivity contribution in [2.45, 2.75) is 182 Å². The second-order valence-corrected chi connectivity index (χ2v) is 11.4. The second kappa shape index (κ2) is 43.1. The minimum atomic E-state index is -1.12. The number of carbonyl (C=O) groups is 2. The Bertz CT molecular complexity index is 670. The van der Waals surface area contributed by atoms with Gasteiger partial charge in [0, 0.05) is 5.97 Å². The molecule has 1 rings (SSSR count). The largest absolute Gasteiger partial charge is 2.00 e. The zero-order valence-corrected chi connectivity index (χ0v) is 31.7. The molecule has 0 saturated carbocycles. The number of aliphatic carboxylic acids is 1. The molecule has 0 saturated heterocycles. The molecule has 0 aliphatic rings. The summed E-state index contributed by atoms with van der Waals surface area (Å²) in [5.74, 6) is -2.02. The summed E-state index contributed by atoms with van der Waals surface area (Å²) < 4.78 is 0. The van der Waals surface area contributed by atoms with Gasteiger partial charge >= 0.3 is 23.9 Å². The standard InChI is InChI=1S/C22H44O2.C8H8O2.2C4H9.Sn/c1-2-3-4-5-6-7-8-9-10-11-12-13-14-15-16-17-18-19-20-21-22(23)24;1-6-3-2-4-7(5-6)8(9)10;2*1-3-4-2;/h2-21H2,1H3,(H,23,24);2-5H,1H3,(H,9,10);2*1,3-4H2,2H3;/q;;;;+2/p-2. The van der Waals surface area contributed by atoms with Gasteiger partial charge in [0.25, 0.3) is 0 Å². The quantitative estimate of drug-likeness (QED) is 0.0838. The van der Waals surface area contributed by atoms with E-state index in [1.54, 1.807) is 12.1 Å². The van der Waals surface area contributed by atoms with Crippen molar-refractivity contribution in [2.24, 2.45) is 0 Å². The van der Waals surface area contributed by atoms with Crippen LogP contribution in [0.1, 0.15) is 191 Å². The minimum absolute atomic E-state index is 0. The third-order valence-electron chi connectivity index (χ3n) is 6.95. The van der Waals surface area contributed by atoms with E-state index in [1.807, 2.05) is 13.0 Å². The molecular weight excluding hydrogens is 639 g/mol. The van der Waals surface area contributed by atoms with E-state index in [0.29, 0.717) is 0 Å². The molecule has 0 heterocycles. The van der Waals surface area contributed by atoms with Gasteiger partial charge in [-0.1, -0.05) is 206 Å². The molecule has 5 heteroatoms. The van der Waals surface area contributed by atoms with E-state index in [1.165, 1.54) is 128 Å². The zero-order valence-electron chi connectivity index (χ0n) is 28.8. The summed E-state index contributed by atoms with van der Waals surface area (Å²) >= 11 is 0. The molecule has 4 nitrogen and oxygen atoms in total. The van der Waals surface area contributed by atoms with Crippen molar-refractivity contribution in [3.63, 3.8) is 0 Å². The number of rotatable bonds is 23. The summed E-state index contributed by atoms with van der Waals surface area (Å²) in [6.07, 6.45) is 30.3. The average molecular weight is 708 g/mol. The number of unbranched alkanes of at least 4 members (excludes halogenated alkanes) is 20. The fourth-order valence-electron chi connectivity index (χ4n) is 4.12. The molecule has 0 bridgehead atoms. The Balaban J connectivity index is -0.000000325. The number of benzene rings is 1. The maximum Gasteiger partial charge on any atom is 2.00 e. The summed E-state index contributed by atoms with van der Waals surface area (Å²) in [5.41, 5.74) is 1.17. The third kappa shape index (κ3) is 48.1. The Hall–Kier alpha value is -1.04. The van der Waals surface area contributed by atoms with Crippen LogP contribution in [0.4, 0.5) is 0 Å². The van der Waals surface area contributed by atoms with Crippen molar-refractivity contribution in [3.05, 3.63) is 49.2 Å². The van der Waals surface area contributed by atoms with Crippen LogP contribution in [0.3, 0.4) is 0 Å². The molecule has 248 valence electrons. The van der Waals surface area contributed by atoms with E-state index in [9.17, 15) is 19.8 Å². The summed E-state index contributed by atoms with van der Waals surface area (Å²) in [7, 11) is 0. The molecule has 0 unspecified atom stereocenters. The molecule has 0 spiro atoms. The third-order valence-corrected chi connectivity index (χ3v) is 6.95. The fraction of sp³-hybridized carbons (Fsp3) is 0.737. The van der Waals surface area contributed by atoms with Gasteiger partial charge in [-0.25, -0.2) is 0 Å². The molecule has 0 aliphatic heterocycles. The first-order valence-electron chi connectivity index (χ1n) is 17.4. The topological polar surface area (TPSA) is 80.3 Å². The van der Waals surface area contributed by atoms with Gasteiger partial charge in [-0.05, 0) is 25.3 Å². The van der Waals surface area contributed by atoms with Crippen LogP contribution in [0.5, 0.6) is 0 Å². The molecule has 0 amide bonds. The van der Waals surface area contributed by atoms with Crippen molar-refractivity contribution in [3.8, 4) is 0 Å². The molecule has 0 fully saturated rings. The molecule has 0 atom stereocenters. The molecule has 0 aromatic heterocycles. The van der Waals surface area contributed by atoms with Crippen LogP contribution in [0.2, 0.25) is 0 Å². The van der Waals surface area contributed by atoms with E-state index < -0.39 is 11.9 Å². The number of carbonyl (C=O) groups excluding carboxylic acids is 2. The first-order valence-corrected chi connectivity index (χ1v) is 17.4. The number of hydrogen-bond acceptors (Lipinski definition) is 4. The van der Waals surface area contributed by atoms with Gasteiger partial charge in [0.2, 0.25) is 0 Å². The predicted octanol–water partition coefficient (Wildman–Crippen LogP) is 9.78. The van der Waals surface area contributed by atoms with Crippen molar-refractivity contribution >= 4 is 35.8 Å². The number of hydrogen-bond donors (Lipinski definition) is 0. The van der Waals surface area contributed by atoms with Gasteiger partial charge in [0.05, 0.1) is 5.97 Å². The Morgan fingerprint density at radius 1 is 0.581 bits per heavy atom.